The van der Waals surface area contributed by atoms with Crippen LogP contribution >= 0.6 is 7.92 Å². The third-order valence-electron chi connectivity index (χ3n) is 2.92. The average molecular weight is 268 g/mol. The topological polar surface area (TPSA) is 27.0 Å². The molecule has 2 nitrogen and oxygen atoms in total. The minimum atomic E-state index is -0.358. The zero-order valence-corrected chi connectivity index (χ0v) is 14.2. The lowest BCUT2D eigenvalue weighted by Gasteiger charge is -2.40. The van der Waals surface area contributed by atoms with E-state index in [-0.39, 0.29) is 18.2 Å². The molecule has 0 aliphatic heterocycles. The molecule has 0 saturated carbocycles. The fourth-order valence-corrected chi connectivity index (χ4v) is 5.51. The molecule has 0 saturated heterocycles. The van der Waals surface area contributed by atoms with Gasteiger partial charge in [-0.1, -0.05) is 49.5 Å². The lowest BCUT2D eigenvalue weighted by atomic mass is 10.2. The monoisotopic (exact) mass is 268 g/mol. The highest BCUT2D eigenvalue weighted by Crippen LogP contribution is 2.60. The van der Waals surface area contributed by atoms with E-state index in [0.717, 1.165) is 18.8 Å². The highest BCUT2D eigenvalue weighted by molar-refractivity contribution is 7.64. The summed E-state index contributed by atoms with van der Waals surface area (Å²) in [6.45, 7) is 19.6. The number of rotatable bonds is 4. The van der Waals surface area contributed by atoms with Gasteiger partial charge in [-0.25, -0.2) is 0 Å². The van der Waals surface area contributed by atoms with Crippen molar-refractivity contribution < 1.29 is 0 Å². The molecule has 0 heterocycles. The molecule has 0 N–H and O–H groups in total. The third-order valence-corrected chi connectivity index (χ3v) is 6.31. The van der Waals surface area contributed by atoms with Gasteiger partial charge in [0.2, 0.25) is 0 Å². The molecule has 18 heavy (non-hydrogen) atoms. The molecule has 0 aliphatic rings. The van der Waals surface area contributed by atoms with Crippen molar-refractivity contribution in [2.24, 2.45) is 0 Å². The Balaban J connectivity index is 5.47. The Morgan fingerprint density at radius 2 is 1.44 bits per heavy atom. The first kappa shape index (κ1) is 17.5. The minimum absolute atomic E-state index is 0.225. The Morgan fingerprint density at radius 1 is 1.06 bits per heavy atom. The van der Waals surface area contributed by atoms with E-state index in [1.165, 1.54) is 0 Å². The van der Waals surface area contributed by atoms with Gasteiger partial charge in [0.25, 0.3) is 0 Å². The fraction of sp³-hybridized carbons (Fsp3) is 0.800. The van der Waals surface area contributed by atoms with Crippen molar-refractivity contribution in [1.82, 2.24) is 4.90 Å². The Labute approximate surface area is 115 Å². The van der Waals surface area contributed by atoms with Crippen LogP contribution in [0, 0.1) is 11.3 Å². The van der Waals surface area contributed by atoms with E-state index in [0.29, 0.717) is 0 Å². The molecule has 0 aromatic heterocycles. The molecule has 0 amide bonds. The quantitative estimate of drug-likeness (QED) is 0.542. The van der Waals surface area contributed by atoms with Gasteiger partial charge >= 0.3 is 0 Å². The van der Waals surface area contributed by atoms with Gasteiger partial charge in [0.1, 0.15) is 11.8 Å². The second-order valence-electron chi connectivity index (χ2n) is 6.51. The Morgan fingerprint density at radius 3 is 1.67 bits per heavy atom. The summed E-state index contributed by atoms with van der Waals surface area (Å²) in [7, 11) is -0.358. The molecular formula is C15H29N2P. The molecule has 0 aromatic carbocycles. The van der Waals surface area contributed by atoms with Crippen molar-refractivity contribution in [1.29, 1.82) is 5.26 Å². The molecule has 0 atom stereocenters. The van der Waals surface area contributed by atoms with Crippen LogP contribution in [0.15, 0.2) is 11.5 Å². The predicted molar refractivity (Wildman–Crippen MR) is 83.0 cm³/mol. The molecule has 0 unspecified atom stereocenters. The van der Waals surface area contributed by atoms with Gasteiger partial charge in [0.15, 0.2) is 0 Å². The van der Waals surface area contributed by atoms with E-state index in [2.05, 4.69) is 72.2 Å². The summed E-state index contributed by atoms with van der Waals surface area (Å²) >= 11 is 0. The van der Waals surface area contributed by atoms with Crippen molar-refractivity contribution >= 4 is 7.92 Å². The highest BCUT2D eigenvalue weighted by atomic mass is 31.1. The molecule has 0 rings (SSSR count). The van der Waals surface area contributed by atoms with Crippen molar-refractivity contribution in [3.8, 4) is 6.07 Å². The van der Waals surface area contributed by atoms with Gasteiger partial charge < -0.3 is 4.90 Å². The fourth-order valence-electron chi connectivity index (χ4n) is 2.26. The van der Waals surface area contributed by atoms with Gasteiger partial charge in [-0.15, -0.1) is 0 Å². The zero-order valence-electron chi connectivity index (χ0n) is 13.3. The zero-order chi connectivity index (χ0) is 14.6. The van der Waals surface area contributed by atoms with E-state index in [1.807, 2.05) is 0 Å². The largest absolute Gasteiger partial charge is 0.364 e. The van der Waals surface area contributed by atoms with Gasteiger partial charge in [0, 0.05) is 13.1 Å². The molecule has 0 bridgehead atoms. The molecule has 0 radical (unpaired) electrons. The highest BCUT2D eigenvalue weighted by Gasteiger charge is 2.33. The Hall–Kier alpha value is -0.540. The summed E-state index contributed by atoms with van der Waals surface area (Å²) in [5, 5.41) is 9.84. The van der Waals surface area contributed by atoms with Crippen LogP contribution < -0.4 is 0 Å². The maximum Gasteiger partial charge on any atom is 0.117 e. The lowest BCUT2D eigenvalue weighted by Crippen LogP contribution is -2.26. The first-order valence-corrected chi connectivity index (χ1v) is 8.15. The molecule has 0 fully saturated rings. The minimum Gasteiger partial charge on any atom is -0.364 e. The van der Waals surface area contributed by atoms with Crippen LogP contribution in [0.25, 0.3) is 0 Å². The summed E-state index contributed by atoms with van der Waals surface area (Å²) in [5.41, 5.74) is 0.843. The van der Waals surface area contributed by atoms with Gasteiger partial charge in [-0.3, -0.25) is 0 Å². The van der Waals surface area contributed by atoms with E-state index in [9.17, 15) is 5.26 Å². The lowest BCUT2D eigenvalue weighted by molar-refractivity contribution is 0.398. The normalized spacial score (nSPS) is 13.7. The second kappa shape index (κ2) is 6.58. The van der Waals surface area contributed by atoms with Crippen LogP contribution in [-0.4, -0.2) is 28.3 Å². The van der Waals surface area contributed by atoms with Crippen molar-refractivity contribution in [3.05, 3.63) is 11.5 Å². The van der Waals surface area contributed by atoms with Crippen molar-refractivity contribution in [2.45, 2.75) is 65.7 Å². The number of hydrogen-bond donors (Lipinski definition) is 0. The summed E-state index contributed by atoms with van der Waals surface area (Å²) in [6.07, 6.45) is 0. The first-order chi connectivity index (χ1) is 8.07. The molecule has 3 heteroatoms. The summed E-state index contributed by atoms with van der Waals surface area (Å²) < 4.78 is 0. The summed E-state index contributed by atoms with van der Waals surface area (Å²) in [6, 6.07) is 2.38. The number of nitrogens with zero attached hydrogens (tertiary/aromatic N) is 2. The Kier molecular flexibility index (Phi) is 6.38. The molecular weight excluding hydrogens is 239 g/mol. The number of allylic oxidation sites excluding steroid dienone is 1. The van der Waals surface area contributed by atoms with Crippen molar-refractivity contribution in [3.63, 3.8) is 0 Å². The van der Waals surface area contributed by atoms with Crippen LogP contribution in [0.4, 0.5) is 0 Å². The molecule has 104 valence electrons. The second-order valence-corrected chi connectivity index (χ2v) is 10.2. The third kappa shape index (κ3) is 4.99. The maximum atomic E-state index is 9.39. The summed E-state index contributed by atoms with van der Waals surface area (Å²) in [4.78, 5) is 2.15. The van der Waals surface area contributed by atoms with Crippen LogP contribution in [-0.2, 0) is 0 Å². The number of nitriles is 1. The average Bonchev–Trinajstić information content (AvgIpc) is 2.20. The van der Waals surface area contributed by atoms with E-state index < -0.39 is 0 Å². The van der Waals surface area contributed by atoms with Crippen LogP contribution in [0.1, 0.15) is 55.4 Å². The molecule has 0 spiro atoms. The molecule has 0 aromatic rings. The van der Waals surface area contributed by atoms with Gasteiger partial charge in [-0.2, -0.15) is 5.26 Å². The predicted octanol–water partition coefficient (Wildman–Crippen LogP) is 4.77. The smallest absolute Gasteiger partial charge is 0.117 e. The van der Waals surface area contributed by atoms with Crippen LogP contribution in [0.2, 0.25) is 0 Å². The van der Waals surface area contributed by atoms with E-state index in [1.54, 1.807) is 0 Å². The van der Waals surface area contributed by atoms with Crippen molar-refractivity contribution in [2.75, 3.05) is 13.1 Å². The van der Waals surface area contributed by atoms with Gasteiger partial charge in [-0.05, 0) is 30.0 Å². The van der Waals surface area contributed by atoms with Gasteiger partial charge in [0.05, 0.1) is 0 Å². The number of hydrogen-bond acceptors (Lipinski definition) is 2. The molecule has 0 aliphatic carbocycles. The summed E-state index contributed by atoms with van der Waals surface area (Å²) in [5.74, 6) is 2.24. The first-order valence-electron chi connectivity index (χ1n) is 6.74. The van der Waals surface area contributed by atoms with E-state index in [4.69, 9.17) is 0 Å². The van der Waals surface area contributed by atoms with E-state index >= 15 is 0 Å². The van der Waals surface area contributed by atoms with Crippen LogP contribution in [0.3, 0.4) is 0 Å². The van der Waals surface area contributed by atoms with Crippen LogP contribution in [0.5, 0.6) is 0 Å². The SMILES string of the molecule is CCN(CC)/C(C#N)=C/P(C(C)(C)C)C(C)(C)C. The standard InChI is InChI=1S/C15H29N2P/c1-9-17(10-2)13(11-16)12-18(14(3,4)5)15(6,7)8/h12H,9-10H2,1-8H3/b13-12+. The Bertz CT molecular complexity index is 308. The maximum absolute atomic E-state index is 9.39.